The summed E-state index contributed by atoms with van der Waals surface area (Å²) in [6.07, 6.45) is 10.6. The number of aromatic nitrogens is 4. The third-order valence-corrected chi connectivity index (χ3v) is 8.63. The number of carbonyl (C=O) groups is 1. The van der Waals surface area contributed by atoms with Gasteiger partial charge in [-0.2, -0.15) is 4.98 Å². The Morgan fingerprint density at radius 3 is 2.45 bits per heavy atom. The SMILES string of the molecule is CC(=O)c1cc2cnc(Nc3ccc(C4CCN(CCS(C)(=O)=O)CC4)cn3)nc2n(C2CCCC2)c1=O. The summed E-state index contributed by atoms with van der Waals surface area (Å²) in [5.41, 5.74) is 1.58. The van der Waals surface area contributed by atoms with E-state index in [0.29, 0.717) is 35.3 Å². The Balaban J connectivity index is 1.31. The minimum atomic E-state index is -2.95. The van der Waals surface area contributed by atoms with E-state index >= 15 is 0 Å². The molecule has 38 heavy (non-hydrogen) atoms. The minimum Gasteiger partial charge on any atom is -0.309 e. The number of piperidine rings is 1. The number of ketones is 1. The van der Waals surface area contributed by atoms with Crippen LogP contribution >= 0.6 is 0 Å². The van der Waals surface area contributed by atoms with Gasteiger partial charge in [-0.25, -0.2) is 18.4 Å². The van der Waals surface area contributed by atoms with Crippen molar-refractivity contribution in [3.63, 3.8) is 0 Å². The van der Waals surface area contributed by atoms with Crippen molar-refractivity contribution in [3.8, 4) is 0 Å². The van der Waals surface area contributed by atoms with E-state index < -0.39 is 9.84 Å². The highest BCUT2D eigenvalue weighted by Gasteiger charge is 2.24. The average molecular weight is 539 g/mol. The first-order valence-electron chi connectivity index (χ1n) is 13.2. The van der Waals surface area contributed by atoms with Crippen molar-refractivity contribution in [1.82, 2.24) is 24.4 Å². The monoisotopic (exact) mass is 538 g/mol. The van der Waals surface area contributed by atoms with Crippen LogP contribution in [0.5, 0.6) is 0 Å². The van der Waals surface area contributed by atoms with Crippen LogP contribution < -0.4 is 10.9 Å². The van der Waals surface area contributed by atoms with Crippen molar-refractivity contribution < 1.29 is 13.2 Å². The van der Waals surface area contributed by atoms with Crippen LogP contribution in [-0.4, -0.2) is 70.3 Å². The van der Waals surface area contributed by atoms with Crippen molar-refractivity contribution in [2.24, 2.45) is 0 Å². The minimum absolute atomic E-state index is 0.0299. The molecule has 0 atom stereocenters. The smallest absolute Gasteiger partial charge is 0.263 e. The van der Waals surface area contributed by atoms with E-state index in [2.05, 4.69) is 31.2 Å². The van der Waals surface area contributed by atoms with Crippen LogP contribution in [0, 0.1) is 0 Å². The lowest BCUT2D eigenvalue weighted by atomic mass is 9.90. The maximum absolute atomic E-state index is 13.2. The number of carbonyl (C=O) groups excluding carboxylic acids is 1. The summed E-state index contributed by atoms with van der Waals surface area (Å²) >= 11 is 0. The molecule has 0 radical (unpaired) electrons. The Bertz CT molecular complexity index is 1490. The molecule has 2 aliphatic rings. The summed E-state index contributed by atoms with van der Waals surface area (Å²) in [6.45, 7) is 3.75. The topological polar surface area (TPSA) is 127 Å². The fourth-order valence-electron chi connectivity index (χ4n) is 5.55. The van der Waals surface area contributed by atoms with Gasteiger partial charge in [-0.05, 0) is 69.3 Å². The maximum atomic E-state index is 13.2. The van der Waals surface area contributed by atoms with E-state index in [9.17, 15) is 18.0 Å². The molecular weight excluding hydrogens is 504 g/mol. The lowest BCUT2D eigenvalue weighted by Gasteiger charge is -2.31. The molecule has 1 saturated carbocycles. The average Bonchev–Trinajstić information content (AvgIpc) is 3.42. The number of anilines is 2. The van der Waals surface area contributed by atoms with Crippen LogP contribution in [0.4, 0.5) is 11.8 Å². The predicted octanol–water partition coefficient (Wildman–Crippen LogP) is 3.47. The lowest BCUT2D eigenvalue weighted by molar-refractivity contribution is 0.101. The Labute approximate surface area is 222 Å². The lowest BCUT2D eigenvalue weighted by Crippen LogP contribution is -2.36. The van der Waals surface area contributed by atoms with Gasteiger partial charge < -0.3 is 10.2 Å². The predicted molar refractivity (Wildman–Crippen MR) is 147 cm³/mol. The molecule has 11 heteroatoms. The molecule has 4 heterocycles. The van der Waals surface area contributed by atoms with Crippen LogP contribution in [0.1, 0.15) is 73.3 Å². The number of sulfone groups is 1. The molecule has 2 fully saturated rings. The van der Waals surface area contributed by atoms with Crippen molar-refractivity contribution in [1.29, 1.82) is 0 Å². The summed E-state index contributed by atoms with van der Waals surface area (Å²) in [5, 5.41) is 3.82. The number of Topliss-reactive ketones (excluding diaryl/α,β-unsaturated/α-hetero) is 1. The fraction of sp³-hybridized carbons (Fsp3) is 0.519. The Morgan fingerprint density at radius 1 is 1.08 bits per heavy atom. The van der Waals surface area contributed by atoms with E-state index in [1.807, 2.05) is 12.3 Å². The molecule has 3 aromatic heterocycles. The standard InChI is InChI=1S/C27H34N6O4S/c1-18(34)23-15-21-17-29-27(31-25(21)33(26(23)35)22-5-3-4-6-22)30-24-8-7-20(16-28-24)19-9-11-32(12-10-19)13-14-38(2,36)37/h7-8,15-17,19,22H,3-6,9-14H2,1-2H3,(H,28,29,30,31). The third kappa shape index (κ3) is 5.94. The number of rotatable bonds is 8. The first-order chi connectivity index (χ1) is 18.2. The van der Waals surface area contributed by atoms with Gasteiger partial charge in [0.1, 0.15) is 21.3 Å². The van der Waals surface area contributed by atoms with Crippen LogP contribution in [0.25, 0.3) is 11.0 Å². The van der Waals surface area contributed by atoms with Crippen molar-refractivity contribution in [2.45, 2.75) is 57.4 Å². The van der Waals surface area contributed by atoms with Gasteiger partial charge in [-0.3, -0.25) is 14.2 Å². The van der Waals surface area contributed by atoms with Gasteiger partial charge >= 0.3 is 0 Å². The van der Waals surface area contributed by atoms with Crippen LogP contribution in [0.3, 0.4) is 0 Å². The number of likely N-dealkylation sites (tertiary alicyclic amines) is 1. The zero-order valence-corrected chi connectivity index (χ0v) is 22.7. The normalized spacial score (nSPS) is 17.7. The van der Waals surface area contributed by atoms with Gasteiger partial charge in [0.05, 0.1) is 11.3 Å². The molecule has 3 aromatic rings. The fourth-order valence-corrected chi connectivity index (χ4v) is 6.14. The number of nitrogens with one attached hydrogen (secondary N) is 1. The third-order valence-electron chi connectivity index (χ3n) is 7.71. The molecule has 1 N–H and O–H groups in total. The summed E-state index contributed by atoms with van der Waals surface area (Å²) < 4.78 is 24.6. The molecule has 1 aliphatic carbocycles. The molecular formula is C27H34N6O4S. The molecule has 202 valence electrons. The zero-order valence-electron chi connectivity index (χ0n) is 21.9. The summed E-state index contributed by atoms with van der Waals surface area (Å²) in [5.74, 6) is 1.28. The summed E-state index contributed by atoms with van der Waals surface area (Å²) in [6, 6.07) is 5.58. The summed E-state index contributed by atoms with van der Waals surface area (Å²) in [4.78, 5) is 41.2. The van der Waals surface area contributed by atoms with Crippen molar-refractivity contribution in [2.75, 3.05) is 37.0 Å². The van der Waals surface area contributed by atoms with Gasteiger partial charge in [0.25, 0.3) is 5.56 Å². The van der Waals surface area contributed by atoms with E-state index in [1.165, 1.54) is 13.2 Å². The first kappa shape index (κ1) is 26.4. The van der Waals surface area contributed by atoms with E-state index in [0.717, 1.165) is 57.2 Å². The number of hydrogen-bond donors (Lipinski definition) is 1. The molecule has 0 spiro atoms. The highest BCUT2D eigenvalue weighted by molar-refractivity contribution is 7.90. The first-order valence-corrected chi connectivity index (χ1v) is 15.3. The molecule has 10 nitrogen and oxygen atoms in total. The van der Waals surface area contributed by atoms with E-state index in [-0.39, 0.29) is 28.7 Å². The largest absolute Gasteiger partial charge is 0.309 e. The Morgan fingerprint density at radius 2 is 1.82 bits per heavy atom. The van der Waals surface area contributed by atoms with Crippen molar-refractivity contribution in [3.05, 3.63) is 52.1 Å². The second-order valence-electron chi connectivity index (χ2n) is 10.5. The van der Waals surface area contributed by atoms with E-state index in [4.69, 9.17) is 0 Å². The Kier molecular flexibility index (Phi) is 7.58. The highest BCUT2D eigenvalue weighted by Crippen LogP contribution is 2.31. The molecule has 0 unspecified atom stereocenters. The number of fused-ring (bicyclic) bond motifs is 1. The molecule has 0 aromatic carbocycles. The summed E-state index contributed by atoms with van der Waals surface area (Å²) in [7, 11) is -2.95. The van der Waals surface area contributed by atoms with Gasteiger partial charge in [-0.15, -0.1) is 0 Å². The van der Waals surface area contributed by atoms with E-state index in [1.54, 1.807) is 16.8 Å². The van der Waals surface area contributed by atoms with Gasteiger partial charge in [-0.1, -0.05) is 18.9 Å². The molecule has 1 aliphatic heterocycles. The number of hydrogen-bond acceptors (Lipinski definition) is 9. The number of pyridine rings is 2. The van der Waals surface area contributed by atoms with Crippen LogP contribution in [-0.2, 0) is 9.84 Å². The molecule has 5 rings (SSSR count). The highest BCUT2D eigenvalue weighted by atomic mass is 32.2. The second kappa shape index (κ2) is 10.9. The molecule has 1 saturated heterocycles. The van der Waals surface area contributed by atoms with Crippen LogP contribution in [0.2, 0.25) is 0 Å². The maximum Gasteiger partial charge on any atom is 0.263 e. The molecule has 0 amide bonds. The van der Waals surface area contributed by atoms with Crippen LogP contribution in [0.15, 0.2) is 35.4 Å². The van der Waals surface area contributed by atoms with Crippen molar-refractivity contribution >= 4 is 38.4 Å². The quantitative estimate of drug-likeness (QED) is 0.429. The van der Waals surface area contributed by atoms with Gasteiger partial charge in [0.15, 0.2) is 5.78 Å². The second-order valence-corrected chi connectivity index (χ2v) is 12.8. The molecule has 0 bridgehead atoms. The Hall–Kier alpha value is -3.18. The van der Waals surface area contributed by atoms with Gasteiger partial charge in [0, 0.05) is 36.6 Å². The number of nitrogens with zero attached hydrogens (tertiary/aromatic N) is 5. The zero-order chi connectivity index (χ0) is 26.9. The van der Waals surface area contributed by atoms with Gasteiger partial charge in [0.2, 0.25) is 5.95 Å².